The van der Waals surface area contributed by atoms with E-state index in [0.29, 0.717) is 26.3 Å². The van der Waals surface area contributed by atoms with Crippen molar-refractivity contribution in [2.24, 2.45) is 0 Å². The molecule has 1 aromatic rings. The number of ether oxygens (including phenoxy) is 1. The smallest absolute Gasteiger partial charge is 0.243 e. The molecule has 0 atom stereocenters. The number of carbonyl (C=O) groups excluding carboxylic acids is 1. The molecule has 2 rings (SSSR count). The first-order valence-corrected chi connectivity index (χ1v) is 8.42. The Balaban J connectivity index is 2.23. The molecule has 0 bridgehead atoms. The number of benzene rings is 1. The van der Waals surface area contributed by atoms with Crippen molar-refractivity contribution in [3.8, 4) is 0 Å². The number of amides is 1. The Bertz CT molecular complexity index is 660. The van der Waals surface area contributed by atoms with Gasteiger partial charge in [0.25, 0.3) is 0 Å². The topological polar surface area (TPSA) is 66.9 Å². The van der Waals surface area contributed by atoms with E-state index in [1.165, 1.54) is 4.90 Å². The third-order valence-corrected chi connectivity index (χ3v) is 4.37. The molecular formula is C13H16F2N2O4S. The van der Waals surface area contributed by atoms with Crippen LogP contribution in [0.4, 0.5) is 14.5 Å². The van der Waals surface area contributed by atoms with E-state index in [1.807, 2.05) is 0 Å². The van der Waals surface area contributed by atoms with Crippen molar-refractivity contribution >= 4 is 21.6 Å². The van der Waals surface area contributed by atoms with Crippen molar-refractivity contribution in [3.63, 3.8) is 0 Å². The van der Waals surface area contributed by atoms with Gasteiger partial charge in [0.05, 0.1) is 25.2 Å². The van der Waals surface area contributed by atoms with Crippen LogP contribution in [0.5, 0.6) is 0 Å². The number of nitrogens with zero attached hydrogens (tertiary/aromatic N) is 2. The number of sulfonamides is 1. The van der Waals surface area contributed by atoms with Crippen LogP contribution in [0.3, 0.4) is 0 Å². The molecule has 1 aromatic carbocycles. The van der Waals surface area contributed by atoms with E-state index >= 15 is 0 Å². The highest BCUT2D eigenvalue weighted by atomic mass is 32.2. The normalized spacial score (nSPS) is 15.7. The summed E-state index contributed by atoms with van der Waals surface area (Å²) in [6.45, 7) is 1.04. The number of hydrogen-bond donors (Lipinski definition) is 0. The molecule has 122 valence electrons. The van der Waals surface area contributed by atoms with Crippen LogP contribution in [-0.4, -0.2) is 58.3 Å². The van der Waals surface area contributed by atoms with Gasteiger partial charge in [0.2, 0.25) is 15.9 Å². The molecule has 1 amide bonds. The minimum Gasteiger partial charge on any atom is -0.378 e. The molecule has 1 aliphatic heterocycles. The molecule has 0 aliphatic carbocycles. The molecule has 1 fully saturated rings. The number of hydrogen-bond acceptors (Lipinski definition) is 4. The second kappa shape index (κ2) is 6.57. The van der Waals surface area contributed by atoms with Gasteiger partial charge in [0.1, 0.15) is 6.54 Å². The van der Waals surface area contributed by atoms with Gasteiger partial charge >= 0.3 is 0 Å². The Labute approximate surface area is 127 Å². The number of morpholine rings is 1. The largest absolute Gasteiger partial charge is 0.378 e. The van der Waals surface area contributed by atoms with Gasteiger partial charge in [-0.3, -0.25) is 9.10 Å². The average Bonchev–Trinajstić information content (AvgIpc) is 2.47. The summed E-state index contributed by atoms with van der Waals surface area (Å²) >= 11 is 0. The first-order chi connectivity index (χ1) is 10.3. The van der Waals surface area contributed by atoms with E-state index < -0.39 is 34.1 Å². The zero-order chi connectivity index (χ0) is 16.3. The summed E-state index contributed by atoms with van der Waals surface area (Å²) in [5.41, 5.74) is -0.0944. The molecule has 0 radical (unpaired) electrons. The second-order valence-corrected chi connectivity index (χ2v) is 6.77. The summed E-state index contributed by atoms with van der Waals surface area (Å²) in [5, 5.41) is 0. The predicted octanol–water partition coefficient (Wildman–Crippen LogP) is 0.590. The zero-order valence-electron chi connectivity index (χ0n) is 12.0. The Morgan fingerprint density at radius 1 is 1.27 bits per heavy atom. The molecule has 0 saturated carbocycles. The maximum absolute atomic E-state index is 13.3. The van der Waals surface area contributed by atoms with Crippen molar-refractivity contribution in [3.05, 3.63) is 29.8 Å². The maximum Gasteiger partial charge on any atom is 0.243 e. The Kier molecular flexibility index (Phi) is 4.97. The fourth-order valence-corrected chi connectivity index (χ4v) is 2.92. The summed E-state index contributed by atoms with van der Waals surface area (Å²) in [4.78, 5) is 13.7. The molecular weight excluding hydrogens is 318 g/mol. The van der Waals surface area contributed by atoms with Crippen molar-refractivity contribution in [1.82, 2.24) is 4.90 Å². The summed E-state index contributed by atoms with van der Waals surface area (Å²) < 4.78 is 55.9. The summed E-state index contributed by atoms with van der Waals surface area (Å²) in [6.07, 6.45) is 0.904. The lowest BCUT2D eigenvalue weighted by Gasteiger charge is -2.30. The average molecular weight is 334 g/mol. The zero-order valence-corrected chi connectivity index (χ0v) is 12.8. The monoisotopic (exact) mass is 334 g/mol. The van der Waals surface area contributed by atoms with Crippen LogP contribution in [0.1, 0.15) is 0 Å². The van der Waals surface area contributed by atoms with E-state index in [9.17, 15) is 22.0 Å². The minimum absolute atomic E-state index is 0.0944. The lowest BCUT2D eigenvalue weighted by atomic mass is 10.3. The fraction of sp³-hybridized carbons (Fsp3) is 0.462. The number of carbonyl (C=O) groups is 1. The van der Waals surface area contributed by atoms with Gasteiger partial charge in [-0.2, -0.15) is 0 Å². The molecule has 6 nitrogen and oxygen atoms in total. The summed E-state index contributed by atoms with van der Waals surface area (Å²) in [7, 11) is -3.82. The van der Waals surface area contributed by atoms with Crippen molar-refractivity contribution in [2.45, 2.75) is 0 Å². The predicted molar refractivity (Wildman–Crippen MR) is 75.9 cm³/mol. The third kappa shape index (κ3) is 3.92. The van der Waals surface area contributed by atoms with E-state index in [-0.39, 0.29) is 5.69 Å². The van der Waals surface area contributed by atoms with E-state index in [4.69, 9.17) is 4.74 Å². The molecule has 1 aliphatic rings. The molecule has 0 spiro atoms. The van der Waals surface area contributed by atoms with Gasteiger partial charge in [-0.05, 0) is 12.1 Å². The molecule has 9 heteroatoms. The third-order valence-electron chi connectivity index (χ3n) is 3.23. The first-order valence-electron chi connectivity index (χ1n) is 6.57. The molecule has 0 unspecified atom stereocenters. The molecule has 0 N–H and O–H groups in total. The maximum atomic E-state index is 13.3. The Morgan fingerprint density at radius 3 is 2.45 bits per heavy atom. The fourth-order valence-electron chi connectivity index (χ4n) is 2.08. The highest BCUT2D eigenvalue weighted by Gasteiger charge is 2.25. The molecule has 1 heterocycles. The van der Waals surface area contributed by atoms with Crippen molar-refractivity contribution in [2.75, 3.05) is 43.4 Å². The van der Waals surface area contributed by atoms with E-state index in [0.717, 1.165) is 28.8 Å². The van der Waals surface area contributed by atoms with Crippen LogP contribution in [0.25, 0.3) is 0 Å². The SMILES string of the molecule is CS(=O)(=O)N(CC(=O)N1CCOCC1)c1ccc(F)c(F)c1. The minimum atomic E-state index is -3.82. The molecule has 0 aromatic heterocycles. The summed E-state index contributed by atoms with van der Waals surface area (Å²) in [6, 6.07) is 2.69. The van der Waals surface area contributed by atoms with Crippen LogP contribution >= 0.6 is 0 Å². The van der Waals surface area contributed by atoms with E-state index in [1.54, 1.807) is 0 Å². The molecule has 22 heavy (non-hydrogen) atoms. The lowest BCUT2D eigenvalue weighted by Crippen LogP contribution is -2.47. The van der Waals surface area contributed by atoms with Gasteiger partial charge in [-0.25, -0.2) is 17.2 Å². The van der Waals surface area contributed by atoms with Crippen LogP contribution in [0.2, 0.25) is 0 Å². The number of anilines is 1. The Hall–Kier alpha value is -1.74. The highest BCUT2D eigenvalue weighted by molar-refractivity contribution is 7.92. The lowest BCUT2D eigenvalue weighted by molar-refractivity contribution is -0.133. The quantitative estimate of drug-likeness (QED) is 0.808. The number of halogens is 2. The second-order valence-electron chi connectivity index (χ2n) is 4.86. The standard InChI is InChI=1S/C13H16F2N2O4S/c1-22(19,20)17(10-2-3-11(14)12(15)8-10)9-13(18)16-4-6-21-7-5-16/h2-3,8H,4-7,9H2,1H3. The molecule has 1 saturated heterocycles. The van der Waals surface area contributed by atoms with Crippen molar-refractivity contribution < 1.29 is 26.7 Å². The van der Waals surface area contributed by atoms with Gasteiger partial charge in [-0.15, -0.1) is 0 Å². The first kappa shape index (κ1) is 16.6. The van der Waals surface area contributed by atoms with Crippen LogP contribution < -0.4 is 4.31 Å². The van der Waals surface area contributed by atoms with Gasteiger partial charge in [-0.1, -0.05) is 0 Å². The van der Waals surface area contributed by atoms with Crippen LogP contribution in [0, 0.1) is 11.6 Å². The highest BCUT2D eigenvalue weighted by Crippen LogP contribution is 2.20. The number of rotatable bonds is 4. The van der Waals surface area contributed by atoms with Crippen molar-refractivity contribution in [1.29, 1.82) is 0 Å². The van der Waals surface area contributed by atoms with Gasteiger partial charge in [0, 0.05) is 19.2 Å². The van der Waals surface area contributed by atoms with Gasteiger partial charge in [0.15, 0.2) is 11.6 Å². The summed E-state index contributed by atoms with van der Waals surface area (Å²) in [5.74, 6) is -2.68. The van der Waals surface area contributed by atoms with Crippen LogP contribution in [0.15, 0.2) is 18.2 Å². The van der Waals surface area contributed by atoms with Crippen LogP contribution in [-0.2, 0) is 19.6 Å². The van der Waals surface area contributed by atoms with E-state index in [2.05, 4.69) is 0 Å². The Morgan fingerprint density at radius 2 is 1.91 bits per heavy atom. The van der Waals surface area contributed by atoms with Gasteiger partial charge < -0.3 is 9.64 Å².